The molecule has 0 aromatic carbocycles. The second-order valence-corrected chi connectivity index (χ2v) is 5.62. The topological polar surface area (TPSA) is 95.4 Å². The van der Waals surface area contributed by atoms with E-state index in [9.17, 15) is 5.11 Å². The molecule has 4 heterocycles. The number of aromatic nitrogens is 4. The fourth-order valence-electron chi connectivity index (χ4n) is 2.83. The molecule has 1 unspecified atom stereocenters. The van der Waals surface area contributed by atoms with Gasteiger partial charge in [0.15, 0.2) is 11.9 Å². The van der Waals surface area contributed by atoms with E-state index in [-0.39, 0.29) is 6.10 Å². The van der Waals surface area contributed by atoms with Crippen molar-refractivity contribution in [3.63, 3.8) is 0 Å². The third-order valence-electron chi connectivity index (χ3n) is 3.97. The first-order valence-corrected chi connectivity index (χ1v) is 6.96. The molecule has 8 nitrogen and oxygen atoms in total. The monoisotopic (exact) mass is 292 g/mol. The molecule has 2 aliphatic rings. The molecule has 2 aliphatic heterocycles. The van der Waals surface area contributed by atoms with Gasteiger partial charge in [0.25, 0.3) is 0 Å². The van der Waals surface area contributed by atoms with E-state index in [1.807, 2.05) is 13.0 Å². The highest BCUT2D eigenvalue weighted by Crippen LogP contribution is 2.40. The Kier molecular flexibility index (Phi) is 2.84. The molecule has 2 aromatic rings. The number of nitrogens with zero attached hydrogens (tertiary/aromatic N) is 4. The summed E-state index contributed by atoms with van der Waals surface area (Å²) in [6.45, 7) is 2.80. The van der Waals surface area contributed by atoms with Crippen molar-refractivity contribution >= 4 is 0 Å². The summed E-state index contributed by atoms with van der Waals surface area (Å²) in [4.78, 5) is 0. The molecule has 112 valence electrons. The standard InChI is InChI=1S/C13H16N4O4/c1-8-4-9(15-21-8)5-17-6-11(14-16-17)13(18)3-2-10-7-19-12(13)20-10/h4,6,10,12,18H,2-3,5,7H2,1H3/t10-,12+,13?/m0/s1. The molecule has 4 rings (SSSR count). The maximum Gasteiger partial charge on any atom is 0.192 e. The van der Waals surface area contributed by atoms with E-state index < -0.39 is 11.9 Å². The quantitative estimate of drug-likeness (QED) is 0.871. The third-order valence-corrected chi connectivity index (χ3v) is 3.97. The average molecular weight is 292 g/mol. The molecule has 2 saturated heterocycles. The summed E-state index contributed by atoms with van der Waals surface area (Å²) in [5.74, 6) is 0.745. The van der Waals surface area contributed by atoms with Crippen molar-refractivity contribution in [3.05, 3.63) is 29.4 Å². The summed E-state index contributed by atoms with van der Waals surface area (Å²) in [6.07, 6.45) is 2.45. The summed E-state index contributed by atoms with van der Waals surface area (Å²) < 4.78 is 17.8. The SMILES string of the molecule is Cc1cc(Cn2cc(C3(O)CC[C@H]4CO[C@@H]3O4)nn2)no1. The minimum absolute atomic E-state index is 0.0865. The average Bonchev–Trinajstić information content (AvgIpc) is 3.17. The van der Waals surface area contributed by atoms with E-state index >= 15 is 0 Å². The molecule has 1 N–H and O–H groups in total. The van der Waals surface area contributed by atoms with Crippen molar-refractivity contribution in [2.24, 2.45) is 0 Å². The number of ether oxygens (including phenoxy) is 2. The minimum atomic E-state index is -1.23. The van der Waals surface area contributed by atoms with E-state index in [4.69, 9.17) is 14.0 Å². The molecule has 2 bridgehead atoms. The molecule has 3 atom stereocenters. The molecular weight excluding hydrogens is 276 g/mol. The summed E-state index contributed by atoms with van der Waals surface area (Å²) in [6, 6.07) is 1.84. The van der Waals surface area contributed by atoms with Crippen LogP contribution in [0.2, 0.25) is 0 Å². The Balaban J connectivity index is 1.56. The van der Waals surface area contributed by atoms with Crippen molar-refractivity contribution < 1.29 is 19.1 Å². The Morgan fingerprint density at radius 1 is 1.52 bits per heavy atom. The summed E-state index contributed by atoms with van der Waals surface area (Å²) in [5, 5.41) is 22.8. The van der Waals surface area contributed by atoms with Gasteiger partial charge in [-0.25, -0.2) is 4.68 Å². The van der Waals surface area contributed by atoms with E-state index in [1.165, 1.54) is 0 Å². The van der Waals surface area contributed by atoms with Gasteiger partial charge in [-0.1, -0.05) is 10.4 Å². The number of hydrogen-bond acceptors (Lipinski definition) is 7. The van der Waals surface area contributed by atoms with Crippen molar-refractivity contribution in [1.82, 2.24) is 20.2 Å². The van der Waals surface area contributed by atoms with Crippen LogP contribution in [0.4, 0.5) is 0 Å². The van der Waals surface area contributed by atoms with Gasteiger partial charge in [0.2, 0.25) is 0 Å². The summed E-state index contributed by atoms with van der Waals surface area (Å²) in [5.41, 5.74) is -0.00794. The molecule has 2 fully saturated rings. The highest BCUT2D eigenvalue weighted by atomic mass is 16.7. The molecule has 0 spiro atoms. The van der Waals surface area contributed by atoms with Crippen LogP contribution >= 0.6 is 0 Å². The van der Waals surface area contributed by atoms with Gasteiger partial charge in [-0.15, -0.1) is 5.10 Å². The lowest BCUT2D eigenvalue weighted by Gasteiger charge is -2.34. The number of aryl methyl sites for hydroxylation is 1. The largest absolute Gasteiger partial charge is 0.378 e. The van der Waals surface area contributed by atoms with Crippen LogP contribution in [-0.4, -0.2) is 44.3 Å². The Labute approximate surface area is 120 Å². The van der Waals surface area contributed by atoms with Gasteiger partial charge in [0, 0.05) is 6.07 Å². The van der Waals surface area contributed by atoms with Gasteiger partial charge in [0.1, 0.15) is 17.1 Å². The lowest BCUT2D eigenvalue weighted by molar-refractivity contribution is -0.219. The van der Waals surface area contributed by atoms with Gasteiger partial charge in [-0.05, 0) is 19.8 Å². The van der Waals surface area contributed by atoms with E-state index in [1.54, 1.807) is 10.9 Å². The number of aliphatic hydroxyl groups is 1. The van der Waals surface area contributed by atoms with Crippen molar-refractivity contribution in [2.45, 2.75) is 44.3 Å². The van der Waals surface area contributed by atoms with Crippen molar-refractivity contribution in [1.29, 1.82) is 0 Å². The Bertz CT molecular complexity index is 654. The van der Waals surface area contributed by atoms with Gasteiger partial charge in [-0.3, -0.25) is 0 Å². The van der Waals surface area contributed by atoms with Crippen LogP contribution in [0.15, 0.2) is 16.8 Å². The highest BCUT2D eigenvalue weighted by molar-refractivity contribution is 5.12. The normalized spacial score (nSPS) is 31.7. The summed E-state index contributed by atoms with van der Waals surface area (Å²) >= 11 is 0. The second kappa shape index (κ2) is 4.62. The maximum atomic E-state index is 10.8. The summed E-state index contributed by atoms with van der Waals surface area (Å²) in [7, 11) is 0. The van der Waals surface area contributed by atoms with Crippen LogP contribution in [0.1, 0.15) is 30.0 Å². The van der Waals surface area contributed by atoms with E-state index in [0.717, 1.165) is 17.9 Å². The van der Waals surface area contributed by atoms with Crippen LogP contribution in [0.3, 0.4) is 0 Å². The molecule has 0 saturated carbocycles. The fourth-order valence-corrected chi connectivity index (χ4v) is 2.83. The Morgan fingerprint density at radius 3 is 3.24 bits per heavy atom. The Morgan fingerprint density at radius 2 is 2.43 bits per heavy atom. The van der Waals surface area contributed by atoms with Crippen molar-refractivity contribution in [3.8, 4) is 0 Å². The van der Waals surface area contributed by atoms with Gasteiger partial charge in [-0.2, -0.15) is 0 Å². The van der Waals surface area contributed by atoms with Crippen molar-refractivity contribution in [2.75, 3.05) is 6.61 Å². The molecule has 2 aromatic heterocycles. The molecule has 0 aliphatic carbocycles. The Hall–Kier alpha value is -1.77. The zero-order valence-corrected chi connectivity index (χ0v) is 11.6. The predicted molar refractivity (Wildman–Crippen MR) is 68.1 cm³/mol. The highest BCUT2D eigenvalue weighted by Gasteiger charge is 2.51. The van der Waals surface area contributed by atoms with Gasteiger partial charge < -0.3 is 19.1 Å². The first-order valence-electron chi connectivity index (χ1n) is 6.96. The molecule has 0 amide bonds. The zero-order valence-electron chi connectivity index (χ0n) is 11.6. The molecule has 0 radical (unpaired) electrons. The van der Waals surface area contributed by atoms with Crippen LogP contribution in [0, 0.1) is 6.92 Å². The van der Waals surface area contributed by atoms with E-state index in [0.29, 0.717) is 25.3 Å². The third kappa shape index (κ3) is 2.15. The fraction of sp³-hybridized carbons (Fsp3) is 0.615. The first kappa shape index (κ1) is 12.9. The number of hydrogen-bond donors (Lipinski definition) is 1. The van der Waals surface area contributed by atoms with Gasteiger partial charge in [0.05, 0.1) is 25.5 Å². The molecule has 21 heavy (non-hydrogen) atoms. The van der Waals surface area contributed by atoms with Crippen LogP contribution in [0.5, 0.6) is 0 Å². The molecular formula is C13H16N4O4. The lowest BCUT2D eigenvalue weighted by atomic mass is 9.90. The van der Waals surface area contributed by atoms with Crippen LogP contribution in [0.25, 0.3) is 0 Å². The molecule has 8 heteroatoms. The zero-order chi connectivity index (χ0) is 14.4. The van der Waals surface area contributed by atoms with E-state index in [2.05, 4.69) is 15.5 Å². The number of rotatable bonds is 3. The van der Waals surface area contributed by atoms with Gasteiger partial charge >= 0.3 is 0 Å². The first-order chi connectivity index (χ1) is 10.1. The minimum Gasteiger partial charge on any atom is -0.378 e. The van der Waals surface area contributed by atoms with Crippen LogP contribution in [-0.2, 0) is 21.6 Å². The maximum absolute atomic E-state index is 10.8. The predicted octanol–water partition coefficient (Wildman–Crippen LogP) is 0.346. The smallest absolute Gasteiger partial charge is 0.192 e. The lowest BCUT2D eigenvalue weighted by Crippen LogP contribution is -2.44. The van der Waals surface area contributed by atoms with Crippen LogP contribution < -0.4 is 0 Å². The number of fused-ring (bicyclic) bond motifs is 2. The second-order valence-electron chi connectivity index (χ2n) is 5.62.